The van der Waals surface area contributed by atoms with Crippen LogP contribution in [-0.4, -0.2) is 15.0 Å². The van der Waals surface area contributed by atoms with Gasteiger partial charge in [0.15, 0.2) is 24.6 Å². The number of aromatic nitrogens is 3. The van der Waals surface area contributed by atoms with Crippen LogP contribution in [0.5, 0.6) is 0 Å². The minimum atomic E-state index is -3.17. The van der Waals surface area contributed by atoms with Crippen molar-refractivity contribution < 1.29 is 4.57 Å². The molecular weight excluding hydrogens is 629 g/mol. The maximum absolute atomic E-state index is 15.2. The molecule has 0 N–H and O–H groups in total. The van der Waals surface area contributed by atoms with Crippen molar-refractivity contribution >= 4 is 23.1 Å². The van der Waals surface area contributed by atoms with Gasteiger partial charge in [0.25, 0.3) is 0 Å². The Hall–Kier alpha value is -4.66. The van der Waals surface area contributed by atoms with E-state index in [1.165, 1.54) is 75.3 Å². The minimum absolute atomic E-state index is 0.576. The Morgan fingerprint density at radius 3 is 1.24 bits per heavy atom. The Morgan fingerprint density at radius 1 is 0.400 bits per heavy atom. The van der Waals surface area contributed by atoms with E-state index in [0.29, 0.717) is 29.3 Å². The van der Waals surface area contributed by atoms with Crippen LogP contribution in [0.15, 0.2) is 133 Å². The number of nitrogens with zero attached hydrogens (tertiary/aromatic N) is 3. The minimum Gasteiger partial charge on any atom is -0.309 e. The van der Waals surface area contributed by atoms with E-state index in [2.05, 4.69) is 48.5 Å². The molecule has 2 saturated carbocycles. The van der Waals surface area contributed by atoms with Gasteiger partial charge < -0.3 is 4.57 Å². The van der Waals surface area contributed by atoms with Gasteiger partial charge in [-0.2, -0.15) is 0 Å². The second kappa shape index (κ2) is 14.7. The average Bonchev–Trinajstić information content (AvgIpc) is 3.22. The summed E-state index contributed by atoms with van der Waals surface area (Å²) in [4.78, 5) is 15.3. The van der Waals surface area contributed by atoms with Gasteiger partial charge in [-0.1, -0.05) is 166 Å². The molecule has 250 valence electrons. The van der Waals surface area contributed by atoms with Crippen molar-refractivity contribution in [2.45, 2.75) is 76.0 Å². The summed E-state index contributed by atoms with van der Waals surface area (Å²) in [5.74, 6) is 3.15. The molecule has 2 fully saturated rings. The molecule has 0 saturated heterocycles. The zero-order valence-electron chi connectivity index (χ0n) is 28.6. The fourth-order valence-corrected chi connectivity index (χ4v) is 10.7. The lowest BCUT2D eigenvalue weighted by atomic mass is 9.84. The van der Waals surface area contributed by atoms with Crippen LogP contribution in [0.3, 0.4) is 0 Å². The van der Waals surface area contributed by atoms with Crippen molar-refractivity contribution in [3.8, 4) is 34.2 Å². The van der Waals surface area contributed by atoms with Gasteiger partial charge in [0.05, 0.1) is 0 Å². The number of rotatable bonds is 8. The second-order valence-corrected chi connectivity index (χ2v) is 16.8. The standard InChI is InChI=1S/C45H44N3OP/c49-50(40-19-9-3-10-20-40,41-21-11-4-12-22-41)42-23-13-18-39(32-42)45-47-43(37-28-24-35(25-29-37)33-14-5-1-6-15-33)46-44(48-45)38-30-26-36(27-31-38)34-16-7-2-8-17-34/h3-4,9-13,18-34H,1-2,5-8,14-17H2. The summed E-state index contributed by atoms with van der Waals surface area (Å²) in [6.07, 6.45) is 13.0. The molecule has 0 atom stereocenters. The van der Waals surface area contributed by atoms with Crippen LogP contribution in [0, 0.1) is 0 Å². The number of benzene rings is 5. The van der Waals surface area contributed by atoms with Crippen molar-refractivity contribution in [3.05, 3.63) is 145 Å². The highest BCUT2D eigenvalue weighted by molar-refractivity contribution is 7.85. The largest absolute Gasteiger partial charge is 0.309 e. The first-order valence-corrected chi connectivity index (χ1v) is 20.1. The third-order valence-corrected chi connectivity index (χ3v) is 13.9. The van der Waals surface area contributed by atoms with Gasteiger partial charge in [-0.05, 0) is 54.7 Å². The van der Waals surface area contributed by atoms with Gasteiger partial charge in [-0.25, -0.2) is 15.0 Å². The lowest BCUT2D eigenvalue weighted by molar-refractivity contribution is 0.443. The van der Waals surface area contributed by atoms with Gasteiger partial charge in [0.1, 0.15) is 0 Å². The lowest BCUT2D eigenvalue weighted by Crippen LogP contribution is -2.25. The molecule has 6 aromatic rings. The van der Waals surface area contributed by atoms with Crippen LogP contribution in [-0.2, 0) is 4.57 Å². The van der Waals surface area contributed by atoms with Gasteiger partial charge >= 0.3 is 0 Å². The predicted octanol–water partition coefficient (Wildman–Crippen LogP) is 10.6. The van der Waals surface area contributed by atoms with Crippen LogP contribution in [0.1, 0.15) is 87.2 Å². The quantitative estimate of drug-likeness (QED) is 0.151. The molecular formula is C45H44N3OP. The monoisotopic (exact) mass is 673 g/mol. The zero-order chi connectivity index (χ0) is 33.8. The Kier molecular flexibility index (Phi) is 9.55. The van der Waals surface area contributed by atoms with Gasteiger partial charge in [-0.15, -0.1) is 0 Å². The molecule has 8 rings (SSSR count). The molecule has 0 spiro atoms. The fraction of sp³-hybridized carbons (Fsp3) is 0.267. The molecule has 4 nitrogen and oxygen atoms in total. The molecule has 0 radical (unpaired) electrons. The SMILES string of the molecule is O=P(c1ccccc1)(c1ccccc1)c1cccc(-c2nc(-c3ccc(C4CCCCC4)cc3)nc(-c3ccc(C4CCCCC4)cc3)n2)c1. The van der Waals surface area contributed by atoms with Crippen molar-refractivity contribution in [1.82, 2.24) is 15.0 Å². The van der Waals surface area contributed by atoms with E-state index in [4.69, 9.17) is 15.0 Å². The summed E-state index contributed by atoms with van der Waals surface area (Å²) >= 11 is 0. The Balaban J connectivity index is 1.22. The molecule has 0 aliphatic heterocycles. The van der Waals surface area contributed by atoms with Crippen LogP contribution >= 0.6 is 7.14 Å². The van der Waals surface area contributed by atoms with Crippen molar-refractivity contribution in [2.24, 2.45) is 0 Å². The van der Waals surface area contributed by atoms with Gasteiger partial charge in [-0.3, -0.25) is 0 Å². The highest BCUT2D eigenvalue weighted by atomic mass is 31.2. The molecule has 50 heavy (non-hydrogen) atoms. The average molecular weight is 674 g/mol. The molecule has 5 aromatic carbocycles. The fourth-order valence-electron chi connectivity index (χ4n) is 8.01. The van der Waals surface area contributed by atoms with Crippen LogP contribution in [0.25, 0.3) is 34.2 Å². The van der Waals surface area contributed by atoms with E-state index in [-0.39, 0.29) is 0 Å². The maximum atomic E-state index is 15.2. The first-order valence-electron chi connectivity index (χ1n) is 18.4. The highest BCUT2D eigenvalue weighted by Crippen LogP contribution is 2.43. The van der Waals surface area contributed by atoms with Crippen LogP contribution < -0.4 is 15.9 Å². The zero-order valence-corrected chi connectivity index (χ0v) is 29.5. The molecule has 0 unspecified atom stereocenters. The molecule has 2 aliphatic rings. The van der Waals surface area contributed by atoms with E-state index in [0.717, 1.165) is 32.6 Å². The summed E-state index contributed by atoms with van der Waals surface area (Å²) in [7, 11) is -3.17. The summed E-state index contributed by atoms with van der Waals surface area (Å²) in [6.45, 7) is 0. The molecule has 5 heteroatoms. The molecule has 1 heterocycles. The maximum Gasteiger partial charge on any atom is 0.171 e. The summed E-state index contributed by atoms with van der Waals surface area (Å²) < 4.78 is 15.2. The van der Waals surface area contributed by atoms with E-state index in [1.807, 2.05) is 84.9 Å². The predicted molar refractivity (Wildman–Crippen MR) is 207 cm³/mol. The highest BCUT2D eigenvalue weighted by Gasteiger charge is 2.30. The molecule has 0 amide bonds. The smallest absolute Gasteiger partial charge is 0.171 e. The van der Waals surface area contributed by atoms with Gasteiger partial charge in [0, 0.05) is 32.6 Å². The summed E-state index contributed by atoms with van der Waals surface area (Å²) in [5.41, 5.74) is 5.59. The number of hydrogen-bond donors (Lipinski definition) is 0. The second-order valence-electron chi connectivity index (χ2n) is 14.1. The first kappa shape index (κ1) is 32.5. The Bertz CT molecular complexity index is 1960. The van der Waals surface area contributed by atoms with Crippen LogP contribution in [0.4, 0.5) is 0 Å². The summed E-state index contributed by atoms with van der Waals surface area (Å²) in [6, 6.07) is 45.4. The van der Waals surface area contributed by atoms with E-state index in [9.17, 15) is 0 Å². The van der Waals surface area contributed by atoms with E-state index < -0.39 is 7.14 Å². The first-order chi connectivity index (χ1) is 24.6. The van der Waals surface area contributed by atoms with Crippen molar-refractivity contribution in [1.29, 1.82) is 0 Å². The van der Waals surface area contributed by atoms with Crippen molar-refractivity contribution in [2.75, 3.05) is 0 Å². The third-order valence-electron chi connectivity index (χ3n) is 10.8. The lowest BCUT2D eigenvalue weighted by Gasteiger charge is -2.22. The van der Waals surface area contributed by atoms with Crippen LogP contribution in [0.2, 0.25) is 0 Å². The number of hydrogen-bond acceptors (Lipinski definition) is 4. The third kappa shape index (κ3) is 6.74. The Morgan fingerprint density at radius 2 is 0.800 bits per heavy atom. The Labute approximate surface area is 296 Å². The van der Waals surface area contributed by atoms with E-state index >= 15 is 4.57 Å². The molecule has 2 aliphatic carbocycles. The normalized spacial score (nSPS) is 15.9. The summed E-state index contributed by atoms with van der Waals surface area (Å²) in [5, 5.41) is 2.36. The van der Waals surface area contributed by atoms with Crippen molar-refractivity contribution in [3.63, 3.8) is 0 Å². The molecule has 0 bridgehead atoms. The molecule has 1 aromatic heterocycles. The van der Waals surface area contributed by atoms with E-state index in [1.54, 1.807) is 0 Å². The topological polar surface area (TPSA) is 55.7 Å². The van der Waals surface area contributed by atoms with Gasteiger partial charge in [0.2, 0.25) is 0 Å².